The molecule has 17 heavy (non-hydrogen) atoms. The number of oxazole rings is 1. The van der Waals surface area contributed by atoms with Gasteiger partial charge in [0.15, 0.2) is 6.26 Å². The van der Waals surface area contributed by atoms with Crippen LogP contribution in [0.3, 0.4) is 0 Å². The van der Waals surface area contributed by atoms with Gasteiger partial charge in [-0.1, -0.05) is 18.2 Å². The second-order valence-corrected chi connectivity index (χ2v) is 3.80. The molecule has 0 aliphatic rings. The minimum Gasteiger partial charge on any atom is -0.406 e. The Morgan fingerprint density at radius 2 is 2.06 bits per heavy atom. The van der Waals surface area contributed by atoms with Crippen molar-refractivity contribution in [1.82, 2.24) is 0 Å². The predicted octanol–water partition coefficient (Wildman–Crippen LogP) is 2.98. The first kappa shape index (κ1) is 11.5. The van der Waals surface area contributed by atoms with Gasteiger partial charge in [-0.25, -0.2) is 0 Å². The van der Waals surface area contributed by atoms with Crippen molar-refractivity contribution >= 4 is 11.8 Å². The maximum Gasteiger partial charge on any atom is 0.374 e. The van der Waals surface area contributed by atoms with Crippen LogP contribution in [-0.2, 0) is 6.54 Å². The molecule has 1 heterocycles. The molecule has 1 aromatic carbocycles. The van der Waals surface area contributed by atoms with E-state index in [-0.39, 0.29) is 0 Å². The first-order chi connectivity index (χ1) is 8.31. The Kier molecular flexibility index (Phi) is 3.60. The number of anilines is 1. The number of nitrogens with zero attached hydrogens (tertiary/aromatic N) is 1. The fraction of sp³-hybridized carbons (Fsp3) is 0.214. The van der Waals surface area contributed by atoms with Gasteiger partial charge < -0.3 is 9.73 Å². The smallest absolute Gasteiger partial charge is 0.374 e. The molecular weight excluding hydrogens is 212 g/mol. The highest BCUT2D eigenvalue weighted by Crippen LogP contribution is 2.06. The van der Waals surface area contributed by atoms with Gasteiger partial charge in [0.1, 0.15) is 6.54 Å². The van der Waals surface area contributed by atoms with Crippen LogP contribution in [0.25, 0.3) is 6.08 Å². The van der Waals surface area contributed by atoms with E-state index in [0.29, 0.717) is 0 Å². The van der Waals surface area contributed by atoms with Gasteiger partial charge in [-0.15, -0.1) is 0 Å². The zero-order valence-electron chi connectivity index (χ0n) is 10.2. The summed E-state index contributed by atoms with van der Waals surface area (Å²) in [7, 11) is 0. The lowest BCUT2D eigenvalue weighted by molar-refractivity contribution is -0.703. The minimum absolute atomic E-state index is 0.855. The third-order valence-corrected chi connectivity index (χ3v) is 2.61. The van der Waals surface area contributed by atoms with Crippen LogP contribution in [0.1, 0.15) is 18.5 Å². The number of nitrogens with one attached hydrogen (secondary N) is 1. The largest absolute Gasteiger partial charge is 0.406 e. The molecule has 1 aromatic heterocycles. The fourth-order valence-corrected chi connectivity index (χ4v) is 1.72. The van der Waals surface area contributed by atoms with Crippen molar-refractivity contribution in [3.63, 3.8) is 0 Å². The number of aromatic nitrogens is 1. The molecule has 0 fully saturated rings. The van der Waals surface area contributed by atoms with Gasteiger partial charge in [0, 0.05) is 18.8 Å². The molecule has 0 saturated carbocycles. The first-order valence-corrected chi connectivity index (χ1v) is 5.77. The second-order valence-electron chi connectivity index (χ2n) is 3.80. The molecular formula is C14H17N2O+. The summed E-state index contributed by atoms with van der Waals surface area (Å²) in [6.07, 6.45) is 5.59. The number of para-hydroxylation sites is 1. The fourth-order valence-electron chi connectivity index (χ4n) is 1.72. The number of hydrogen-bond donors (Lipinski definition) is 1. The summed E-state index contributed by atoms with van der Waals surface area (Å²) < 4.78 is 7.57. The Bertz CT molecular complexity index is 500. The maximum absolute atomic E-state index is 5.46. The Morgan fingerprint density at radius 1 is 1.29 bits per heavy atom. The molecule has 3 heteroatoms. The minimum atomic E-state index is 0.855. The molecule has 0 bridgehead atoms. The highest BCUT2D eigenvalue weighted by molar-refractivity contribution is 5.49. The summed E-state index contributed by atoms with van der Waals surface area (Å²) >= 11 is 0. The maximum atomic E-state index is 5.46. The average molecular weight is 229 g/mol. The lowest BCUT2D eigenvalue weighted by atomic mass is 10.3. The monoisotopic (exact) mass is 229 g/mol. The molecule has 0 radical (unpaired) electrons. The van der Waals surface area contributed by atoms with Crippen molar-refractivity contribution in [2.75, 3.05) is 5.32 Å². The van der Waals surface area contributed by atoms with Gasteiger partial charge in [0.2, 0.25) is 5.69 Å². The summed E-state index contributed by atoms with van der Waals surface area (Å²) in [5.74, 6) is 0.855. The summed E-state index contributed by atoms with van der Waals surface area (Å²) in [6.45, 7) is 5.05. The van der Waals surface area contributed by atoms with Gasteiger partial charge in [-0.3, -0.25) is 0 Å². The van der Waals surface area contributed by atoms with E-state index in [0.717, 1.165) is 23.8 Å². The van der Waals surface area contributed by atoms with Crippen molar-refractivity contribution in [2.45, 2.75) is 20.4 Å². The van der Waals surface area contributed by atoms with E-state index in [9.17, 15) is 0 Å². The lowest BCUT2D eigenvalue weighted by Gasteiger charge is -1.97. The second kappa shape index (κ2) is 5.34. The van der Waals surface area contributed by atoms with E-state index in [4.69, 9.17) is 4.42 Å². The van der Waals surface area contributed by atoms with Crippen LogP contribution in [0.4, 0.5) is 5.69 Å². The summed E-state index contributed by atoms with van der Waals surface area (Å²) in [5, 5.41) is 3.20. The number of rotatable bonds is 4. The van der Waals surface area contributed by atoms with E-state index < -0.39 is 0 Å². The molecule has 88 valence electrons. The van der Waals surface area contributed by atoms with E-state index in [2.05, 4.69) is 16.8 Å². The van der Waals surface area contributed by atoms with E-state index in [1.54, 1.807) is 6.26 Å². The molecule has 0 aliphatic heterocycles. The third kappa shape index (κ3) is 2.75. The molecule has 0 spiro atoms. The van der Waals surface area contributed by atoms with E-state index in [1.807, 2.05) is 49.5 Å². The van der Waals surface area contributed by atoms with Crippen LogP contribution in [0, 0.1) is 6.92 Å². The summed E-state index contributed by atoms with van der Waals surface area (Å²) in [5.41, 5.74) is 2.20. The molecule has 0 amide bonds. The number of aryl methyl sites for hydroxylation is 1. The van der Waals surface area contributed by atoms with Crippen LogP contribution in [-0.4, -0.2) is 0 Å². The molecule has 2 aromatic rings. The molecule has 2 rings (SSSR count). The quantitative estimate of drug-likeness (QED) is 0.817. The number of hydrogen-bond acceptors (Lipinski definition) is 2. The van der Waals surface area contributed by atoms with Gasteiger partial charge >= 0.3 is 5.89 Å². The Balaban J connectivity index is 2.06. The standard InChI is InChI=1S/C14H16N2O/c1-3-16-12(2)11-17-14(16)9-10-15-13-7-5-4-6-8-13/h4-11H,3H2,1-2H3/p+1. The molecule has 1 N–H and O–H groups in total. The van der Waals surface area contributed by atoms with E-state index in [1.165, 1.54) is 0 Å². The Hall–Kier alpha value is -2.03. The Morgan fingerprint density at radius 3 is 2.76 bits per heavy atom. The van der Waals surface area contributed by atoms with Gasteiger partial charge in [-0.2, -0.15) is 4.57 Å². The molecule has 3 nitrogen and oxygen atoms in total. The van der Waals surface area contributed by atoms with Crippen LogP contribution < -0.4 is 9.88 Å². The van der Waals surface area contributed by atoms with E-state index >= 15 is 0 Å². The zero-order valence-corrected chi connectivity index (χ0v) is 10.2. The Labute approximate surface area is 101 Å². The summed E-state index contributed by atoms with van der Waals surface area (Å²) in [4.78, 5) is 0. The molecule has 0 atom stereocenters. The SMILES string of the molecule is CC[n+]1c(C)coc1/C=C/Nc1ccccc1. The van der Waals surface area contributed by atoms with Crippen molar-refractivity contribution in [3.8, 4) is 0 Å². The van der Waals surface area contributed by atoms with Crippen LogP contribution in [0.5, 0.6) is 0 Å². The highest BCUT2D eigenvalue weighted by atomic mass is 16.3. The number of benzene rings is 1. The van der Waals surface area contributed by atoms with Crippen molar-refractivity contribution in [3.05, 3.63) is 54.4 Å². The topological polar surface area (TPSA) is 29.0 Å². The van der Waals surface area contributed by atoms with Crippen LogP contribution in [0.15, 0.2) is 47.2 Å². The van der Waals surface area contributed by atoms with Gasteiger partial charge in [-0.05, 0) is 19.1 Å². The van der Waals surface area contributed by atoms with Crippen molar-refractivity contribution in [2.24, 2.45) is 0 Å². The van der Waals surface area contributed by atoms with Gasteiger partial charge in [0.05, 0.1) is 6.08 Å². The molecule has 0 unspecified atom stereocenters. The van der Waals surface area contributed by atoms with Crippen molar-refractivity contribution in [1.29, 1.82) is 0 Å². The lowest BCUT2D eigenvalue weighted by Crippen LogP contribution is -2.35. The predicted molar refractivity (Wildman–Crippen MR) is 68.4 cm³/mol. The highest BCUT2D eigenvalue weighted by Gasteiger charge is 2.13. The van der Waals surface area contributed by atoms with Crippen LogP contribution in [0.2, 0.25) is 0 Å². The molecule has 0 aliphatic carbocycles. The zero-order chi connectivity index (χ0) is 12.1. The molecule has 0 saturated heterocycles. The van der Waals surface area contributed by atoms with Crippen molar-refractivity contribution < 1.29 is 8.98 Å². The van der Waals surface area contributed by atoms with Gasteiger partial charge in [0.25, 0.3) is 0 Å². The third-order valence-electron chi connectivity index (χ3n) is 2.61. The average Bonchev–Trinajstić information content (AvgIpc) is 2.71. The van der Waals surface area contributed by atoms with Crippen LogP contribution >= 0.6 is 0 Å². The first-order valence-electron chi connectivity index (χ1n) is 5.77. The summed E-state index contributed by atoms with van der Waals surface area (Å²) in [6, 6.07) is 10.0. The normalized spacial score (nSPS) is 10.9.